The van der Waals surface area contributed by atoms with Crippen LogP contribution in [0, 0.1) is 0 Å². The second-order valence-electron chi connectivity index (χ2n) is 6.07. The first-order valence-corrected chi connectivity index (χ1v) is 8.71. The maximum absolute atomic E-state index is 12.7. The predicted octanol–water partition coefficient (Wildman–Crippen LogP) is 0.747. The van der Waals surface area contributed by atoms with Crippen LogP contribution in [0.1, 0.15) is 34.8 Å². The van der Waals surface area contributed by atoms with Crippen molar-refractivity contribution in [3.8, 4) is 0 Å². The van der Waals surface area contributed by atoms with Crippen molar-refractivity contribution in [2.24, 2.45) is 14.1 Å². The summed E-state index contributed by atoms with van der Waals surface area (Å²) in [6.45, 7) is 0.927. The molecule has 3 heterocycles. The number of hydrogen-bond donors (Lipinski definition) is 1. The molecular weight excluding hydrogens is 328 g/mol. The number of nitrogens with two attached hydrogens (primary N) is 1. The Morgan fingerprint density at radius 1 is 1.33 bits per heavy atom. The summed E-state index contributed by atoms with van der Waals surface area (Å²) in [5.74, 6) is -0.412. The molecular formula is C16H20N4O3S. The van der Waals surface area contributed by atoms with E-state index in [0.29, 0.717) is 0 Å². The summed E-state index contributed by atoms with van der Waals surface area (Å²) in [4.78, 5) is 39.0. The highest BCUT2D eigenvalue weighted by molar-refractivity contribution is 7.07. The van der Waals surface area contributed by atoms with Crippen molar-refractivity contribution < 1.29 is 4.79 Å². The van der Waals surface area contributed by atoms with Crippen molar-refractivity contribution in [3.05, 3.63) is 48.8 Å². The molecule has 2 aromatic rings. The van der Waals surface area contributed by atoms with Gasteiger partial charge in [-0.25, -0.2) is 4.79 Å². The molecule has 1 aliphatic rings. The van der Waals surface area contributed by atoms with Crippen LogP contribution in [0.4, 0.5) is 5.82 Å². The molecule has 24 heavy (non-hydrogen) atoms. The van der Waals surface area contributed by atoms with Gasteiger partial charge >= 0.3 is 5.69 Å². The molecule has 0 saturated carbocycles. The summed E-state index contributed by atoms with van der Waals surface area (Å²) < 4.78 is 2.05. The fourth-order valence-electron chi connectivity index (χ4n) is 3.24. The molecule has 2 aromatic heterocycles. The molecule has 128 valence electrons. The molecule has 1 fully saturated rings. The normalized spacial score (nSPS) is 18.2. The third-order valence-electron chi connectivity index (χ3n) is 4.63. The maximum Gasteiger partial charge on any atom is 0.332 e. The highest BCUT2D eigenvalue weighted by Gasteiger charge is 2.30. The lowest BCUT2D eigenvalue weighted by molar-refractivity contribution is 0.0919. The topological polar surface area (TPSA) is 90.3 Å². The molecule has 7 nitrogen and oxygen atoms in total. The Kier molecular flexibility index (Phi) is 4.42. The molecule has 0 spiro atoms. The number of Topliss-reactive ketones (excluding diaryl/α,β-unsaturated/α-hetero) is 1. The van der Waals surface area contributed by atoms with Crippen LogP contribution in [0.5, 0.6) is 0 Å². The standard InChI is InChI=1S/C16H20N4O3S/c1-18-14(17)13(15(22)19(2)16(18)23)12(21)8-20-6-3-4-11(20)10-5-7-24-9-10/h5,7,9,11H,3-4,6,8,17H2,1-2H3/t11-/m0/s1. The van der Waals surface area contributed by atoms with Crippen molar-refractivity contribution in [1.82, 2.24) is 14.0 Å². The number of anilines is 1. The van der Waals surface area contributed by atoms with Crippen LogP contribution in [0.25, 0.3) is 0 Å². The van der Waals surface area contributed by atoms with E-state index in [2.05, 4.69) is 16.3 Å². The van der Waals surface area contributed by atoms with E-state index in [4.69, 9.17) is 5.73 Å². The Labute approximate surface area is 142 Å². The van der Waals surface area contributed by atoms with Gasteiger partial charge in [0.05, 0.1) is 6.54 Å². The molecule has 1 atom stereocenters. The first-order chi connectivity index (χ1) is 11.4. The number of carbonyl (C=O) groups excluding carboxylic acids is 1. The van der Waals surface area contributed by atoms with E-state index in [1.807, 2.05) is 5.38 Å². The fourth-order valence-corrected chi connectivity index (χ4v) is 3.95. The third kappa shape index (κ3) is 2.71. The smallest absolute Gasteiger partial charge is 0.332 e. The Morgan fingerprint density at radius 3 is 2.75 bits per heavy atom. The molecule has 0 unspecified atom stereocenters. The van der Waals surface area contributed by atoms with Crippen LogP contribution in [-0.2, 0) is 14.1 Å². The van der Waals surface area contributed by atoms with E-state index < -0.39 is 11.2 Å². The lowest BCUT2D eigenvalue weighted by Crippen LogP contribution is -2.43. The highest BCUT2D eigenvalue weighted by atomic mass is 32.1. The van der Waals surface area contributed by atoms with E-state index in [-0.39, 0.29) is 29.8 Å². The van der Waals surface area contributed by atoms with Crippen LogP contribution >= 0.6 is 11.3 Å². The van der Waals surface area contributed by atoms with Gasteiger partial charge in [0.2, 0.25) is 0 Å². The number of hydrogen-bond acceptors (Lipinski definition) is 6. The van der Waals surface area contributed by atoms with E-state index >= 15 is 0 Å². The molecule has 1 saturated heterocycles. The van der Waals surface area contributed by atoms with Crippen molar-refractivity contribution in [2.45, 2.75) is 18.9 Å². The van der Waals surface area contributed by atoms with Crippen LogP contribution in [-0.4, -0.2) is 32.9 Å². The van der Waals surface area contributed by atoms with E-state index in [1.165, 1.54) is 19.7 Å². The Bertz CT molecular complexity index is 882. The van der Waals surface area contributed by atoms with Crippen LogP contribution in [0.15, 0.2) is 26.4 Å². The molecule has 0 amide bonds. The zero-order valence-corrected chi connectivity index (χ0v) is 14.5. The number of nitrogens with zero attached hydrogens (tertiary/aromatic N) is 3. The minimum absolute atomic E-state index is 0.0700. The first kappa shape index (κ1) is 16.7. The summed E-state index contributed by atoms with van der Waals surface area (Å²) in [6, 6.07) is 2.26. The van der Waals surface area contributed by atoms with Gasteiger partial charge < -0.3 is 5.73 Å². The number of ketones is 1. The van der Waals surface area contributed by atoms with Crippen molar-refractivity contribution in [1.29, 1.82) is 0 Å². The Hall–Kier alpha value is -2.19. The van der Waals surface area contributed by atoms with Gasteiger partial charge in [-0.05, 0) is 41.8 Å². The zero-order valence-electron chi connectivity index (χ0n) is 13.7. The van der Waals surface area contributed by atoms with Gasteiger partial charge in [0.1, 0.15) is 11.4 Å². The first-order valence-electron chi connectivity index (χ1n) is 7.76. The Morgan fingerprint density at radius 2 is 2.08 bits per heavy atom. The summed E-state index contributed by atoms with van der Waals surface area (Å²) >= 11 is 1.63. The molecule has 0 aromatic carbocycles. The van der Waals surface area contributed by atoms with E-state index in [0.717, 1.165) is 28.5 Å². The summed E-state index contributed by atoms with van der Waals surface area (Å²) in [5, 5.41) is 4.11. The van der Waals surface area contributed by atoms with Crippen LogP contribution < -0.4 is 17.0 Å². The minimum atomic E-state index is -0.633. The number of likely N-dealkylation sites (tertiary alicyclic amines) is 1. The number of aromatic nitrogens is 2. The van der Waals surface area contributed by atoms with Crippen molar-refractivity contribution in [2.75, 3.05) is 18.8 Å². The molecule has 3 rings (SSSR count). The van der Waals surface area contributed by atoms with Gasteiger partial charge in [-0.2, -0.15) is 11.3 Å². The summed E-state index contributed by atoms with van der Waals surface area (Å²) in [6.07, 6.45) is 2.00. The quantitative estimate of drug-likeness (QED) is 0.824. The average Bonchev–Trinajstić information content (AvgIpc) is 3.22. The van der Waals surface area contributed by atoms with E-state index in [1.54, 1.807) is 11.3 Å². The SMILES string of the molecule is Cn1c(N)c(C(=O)CN2CCC[C@H]2c2ccsc2)c(=O)n(C)c1=O. The van der Waals surface area contributed by atoms with E-state index in [9.17, 15) is 14.4 Å². The van der Waals surface area contributed by atoms with Gasteiger partial charge in [-0.3, -0.25) is 23.6 Å². The van der Waals surface area contributed by atoms with Gasteiger partial charge in [-0.1, -0.05) is 0 Å². The molecule has 2 N–H and O–H groups in total. The number of carbonyl (C=O) groups is 1. The summed E-state index contributed by atoms with van der Waals surface area (Å²) in [5.41, 5.74) is 5.80. The molecule has 0 radical (unpaired) electrons. The van der Waals surface area contributed by atoms with Gasteiger partial charge in [0.25, 0.3) is 5.56 Å². The second-order valence-corrected chi connectivity index (χ2v) is 6.85. The zero-order chi connectivity index (χ0) is 17.4. The lowest BCUT2D eigenvalue weighted by Gasteiger charge is -2.23. The van der Waals surface area contributed by atoms with Crippen LogP contribution in [0.3, 0.4) is 0 Å². The monoisotopic (exact) mass is 348 g/mol. The maximum atomic E-state index is 12.7. The van der Waals surface area contributed by atoms with Gasteiger partial charge in [0, 0.05) is 20.1 Å². The number of nitrogen functional groups attached to an aromatic ring is 1. The van der Waals surface area contributed by atoms with Crippen molar-refractivity contribution >= 4 is 22.9 Å². The van der Waals surface area contributed by atoms with Crippen molar-refractivity contribution in [3.63, 3.8) is 0 Å². The highest BCUT2D eigenvalue weighted by Crippen LogP contribution is 2.32. The minimum Gasteiger partial charge on any atom is -0.384 e. The van der Waals surface area contributed by atoms with Crippen LogP contribution in [0.2, 0.25) is 0 Å². The average molecular weight is 348 g/mol. The third-order valence-corrected chi connectivity index (χ3v) is 5.33. The predicted molar refractivity (Wildman–Crippen MR) is 93.5 cm³/mol. The second kappa shape index (κ2) is 6.37. The molecule has 8 heteroatoms. The van der Waals surface area contributed by atoms with Gasteiger partial charge in [0.15, 0.2) is 5.78 Å². The largest absolute Gasteiger partial charge is 0.384 e. The Balaban J connectivity index is 1.91. The number of rotatable bonds is 4. The molecule has 1 aliphatic heterocycles. The fraction of sp³-hybridized carbons (Fsp3) is 0.438. The lowest BCUT2D eigenvalue weighted by atomic mass is 10.1. The molecule has 0 bridgehead atoms. The summed E-state index contributed by atoms with van der Waals surface area (Å²) in [7, 11) is 2.81. The van der Waals surface area contributed by atoms with Gasteiger partial charge in [-0.15, -0.1) is 0 Å². The number of thiophene rings is 1. The molecule has 0 aliphatic carbocycles.